The highest BCUT2D eigenvalue weighted by atomic mass is 16.2. The molecule has 4 rings (SSSR count). The van der Waals surface area contributed by atoms with Gasteiger partial charge < -0.3 is 10.6 Å². The molecule has 2 N–H and O–H groups in total. The Bertz CT molecular complexity index is 1020. The third-order valence-electron chi connectivity index (χ3n) is 5.93. The molecule has 166 valence electrons. The smallest absolute Gasteiger partial charge is 0.255 e. The molecule has 1 aliphatic carbocycles. The van der Waals surface area contributed by atoms with Crippen LogP contribution in [-0.2, 0) is 11.3 Å². The van der Waals surface area contributed by atoms with Crippen LogP contribution in [-0.4, -0.2) is 34.7 Å². The van der Waals surface area contributed by atoms with Gasteiger partial charge in [0.25, 0.3) is 5.91 Å². The van der Waals surface area contributed by atoms with E-state index in [1.165, 1.54) is 6.42 Å². The molecule has 32 heavy (non-hydrogen) atoms. The second-order valence-electron chi connectivity index (χ2n) is 8.32. The van der Waals surface area contributed by atoms with Gasteiger partial charge in [-0.1, -0.05) is 79.9 Å². The van der Waals surface area contributed by atoms with E-state index in [4.69, 9.17) is 5.10 Å². The fraction of sp³-hybridized carbons (Fsp3) is 0.346. The van der Waals surface area contributed by atoms with Gasteiger partial charge in [-0.25, -0.2) is 0 Å². The standard InChI is InChI=1S/C26H30N4O2/c31-25(22-14-8-3-9-15-22)27-16-17-28-26(32)23-19-30(18-20-10-4-1-5-11-20)29-24(23)21-12-6-2-7-13-21/h1-2,4-7,10-13,19,22H,3,8-9,14-18H2,(H,27,31)(H,28,32). The summed E-state index contributed by atoms with van der Waals surface area (Å²) in [5, 5.41) is 10.6. The minimum absolute atomic E-state index is 0.111. The molecule has 1 aliphatic rings. The van der Waals surface area contributed by atoms with E-state index < -0.39 is 0 Å². The van der Waals surface area contributed by atoms with Crippen molar-refractivity contribution in [2.75, 3.05) is 13.1 Å². The molecule has 2 amide bonds. The lowest BCUT2D eigenvalue weighted by molar-refractivity contribution is -0.125. The summed E-state index contributed by atoms with van der Waals surface area (Å²) in [7, 11) is 0. The number of carbonyl (C=O) groups excluding carboxylic acids is 2. The largest absolute Gasteiger partial charge is 0.354 e. The van der Waals surface area contributed by atoms with Crippen molar-refractivity contribution in [2.45, 2.75) is 38.6 Å². The Balaban J connectivity index is 1.40. The molecular weight excluding hydrogens is 400 g/mol. The Morgan fingerprint density at radius 2 is 1.53 bits per heavy atom. The van der Waals surface area contributed by atoms with Gasteiger partial charge in [0.2, 0.25) is 5.91 Å². The van der Waals surface area contributed by atoms with Crippen LogP contribution >= 0.6 is 0 Å². The number of nitrogens with zero attached hydrogens (tertiary/aromatic N) is 2. The molecule has 0 radical (unpaired) electrons. The van der Waals surface area contributed by atoms with Gasteiger partial charge >= 0.3 is 0 Å². The summed E-state index contributed by atoms with van der Waals surface area (Å²) in [6.07, 6.45) is 7.22. The third-order valence-corrected chi connectivity index (χ3v) is 5.93. The highest BCUT2D eigenvalue weighted by molar-refractivity contribution is 5.99. The lowest BCUT2D eigenvalue weighted by atomic mass is 9.89. The monoisotopic (exact) mass is 430 g/mol. The van der Waals surface area contributed by atoms with Crippen molar-refractivity contribution < 1.29 is 9.59 Å². The Morgan fingerprint density at radius 3 is 2.25 bits per heavy atom. The van der Waals surface area contributed by atoms with Crippen molar-refractivity contribution in [3.8, 4) is 11.3 Å². The van der Waals surface area contributed by atoms with Gasteiger partial charge in [-0.05, 0) is 18.4 Å². The van der Waals surface area contributed by atoms with Gasteiger partial charge in [-0.2, -0.15) is 5.10 Å². The zero-order chi connectivity index (χ0) is 22.2. The highest BCUT2D eigenvalue weighted by Gasteiger charge is 2.21. The molecule has 0 spiro atoms. The van der Waals surface area contributed by atoms with Crippen molar-refractivity contribution in [1.82, 2.24) is 20.4 Å². The van der Waals surface area contributed by atoms with Gasteiger partial charge in [0, 0.05) is 30.8 Å². The molecule has 2 aromatic carbocycles. The lowest BCUT2D eigenvalue weighted by Crippen LogP contribution is -2.38. The Hall–Kier alpha value is -3.41. The first-order valence-corrected chi connectivity index (χ1v) is 11.4. The van der Waals surface area contributed by atoms with Crippen LogP contribution in [0.25, 0.3) is 11.3 Å². The molecule has 1 saturated carbocycles. The topological polar surface area (TPSA) is 76.0 Å². The Kier molecular flexibility index (Phi) is 7.33. The normalized spacial score (nSPS) is 14.1. The molecule has 6 heteroatoms. The van der Waals surface area contributed by atoms with E-state index in [-0.39, 0.29) is 17.7 Å². The SMILES string of the molecule is O=C(NCCNC(=O)C1CCCCC1)c1cn(Cc2ccccc2)nc1-c1ccccc1. The van der Waals surface area contributed by atoms with E-state index in [0.717, 1.165) is 36.8 Å². The summed E-state index contributed by atoms with van der Waals surface area (Å²) in [6.45, 7) is 1.40. The fourth-order valence-corrected chi connectivity index (χ4v) is 4.21. The highest BCUT2D eigenvalue weighted by Crippen LogP contribution is 2.24. The first-order valence-electron chi connectivity index (χ1n) is 11.4. The molecule has 0 aliphatic heterocycles. The quantitative estimate of drug-likeness (QED) is 0.530. The van der Waals surface area contributed by atoms with Crippen molar-refractivity contribution >= 4 is 11.8 Å². The molecule has 0 atom stereocenters. The van der Waals surface area contributed by atoms with Crippen molar-refractivity contribution in [3.05, 3.63) is 78.0 Å². The zero-order valence-corrected chi connectivity index (χ0v) is 18.3. The number of rotatable bonds is 8. The predicted octanol–water partition coefficient (Wildman–Crippen LogP) is 4.02. The van der Waals surface area contributed by atoms with Crippen LogP contribution in [0.1, 0.15) is 48.0 Å². The zero-order valence-electron chi connectivity index (χ0n) is 18.3. The molecule has 1 fully saturated rings. The van der Waals surface area contributed by atoms with E-state index in [1.54, 1.807) is 10.9 Å². The number of benzene rings is 2. The number of nitrogens with one attached hydrogen (secondary N) is 2. The molecule has 6 nitrogen and oxygen atoms in total. The number of amides is 2. The van der Waals surface area contributed by atoms with Gasteiger partial charge in [-0.3, -0.25) is 14.3 Å². The van der Waals surface area contributed by atoms with Gasteiger partial charge in [-0.15, -0.1) is 0 Å². The average molecular weight is 431 g/mol. The molecule has 0 saturated heterocycles. The van der Waals surface area contributed by atoms with Crippen LogP contribution < -0.4 is 10.6 Å². The summed E-state index contributed by atoms with van der Waals surface area (Å²) in [5.74, 6) is 0.0510. The minimum atomic E-state index is -0.185. The van der Waals surface area contributed by atoms with Gasteiger partial charge in [0.1, 0.15) is 5.69 Å². The van der Waals surface area contributed by atoms with Crippen LogP contribution in [0.4, 0.5) is 0 Å². The van der Waals surface area contributed by atoms with E-state index in [1.807, 2.05) is 60.7 Å². The second-order valence-corrected chi connectivity index (χ2v) is 8.32. The van der Waals surface area contributed by atoms with Crippen LogP contribution in [0.3, 0.4) is 0 Å². The van der Waals surface area contributed by atoms with E-state index >= 15 is 0 Å². The van der Waals surface area contributed by atoms with Gasteiger partial charge in [0.05, 0.1) is 12.1 Å². The number of aromatic nitrogens is 2. The molecule has 3 aromatic rings. The predicted molar refractivity (Wildman–Crippen MR) is 125 cm³/mol. The van der Waals surface area contributed by atoms with E-state index in [9.17, 15) is 9.59 Å². The summed E-state index contributed by atoms with van der Waals surface area (Å²) in [4.78, 5) is 25.3. The molecular formula is C26H30N4O2. The summed E-state index contributed by atoms with van der Waals surface area (Å²) >= 11 is 0. The van der Waals surface area contributed by atoms with Crippen LogP contribution in [0, 0.1) is 5.92 Å². The van der Waals surface area contributed by atoms with Crippen molar-refractivity contribution in [2.24, 2.45) is 5.92 Å². The Labute approximate surface area is 189 Å². The maximum absolute atomic E-state index is 13.0. The maximum Gasteiger partial charge on any atom is 0.255 e. The number of hydrogen-bond acceptors (Lipinski definition) is 3. The first-order chi connectivity index (χ1) is 15.7. The Morgan fingerprint density at radius 1 is 0.875 bits per heavy atom. The molecule has 0 unspecified atom stereocenters. The van der Waals surface area contributed by atoms with E-state index in [0.29, 0.717) is 30.9 Å². The lowest BCUT2D eigenvalue weighted by Gasteiger charge is -2.20. The van der Waals surface area contributed by atoms with Crippen LogP contribution in [0.2, 0.25) is 0 Å². The second kappa shape index (κ2) is 10.8. The maximum atomic E-state index is 13.0. The fourth-order valence-electron chi connectivity index (χ4n) is 4.21. The summed E-state index contributed by atoms with van der Waals surface area (Å²) in [5.41, 5.74) is 3.21. The van der Waals surface area contributed by atoms with Crippen molar-refractivity contribution in [1.29, 1.82) is 0 Å². The summed E-state index contributed by atoms with van der Waals surface area (Å²) in [6, 6.07) is 19.8. The van der Waals surface area contributed by atoms with Crippen molar-refractivity contribution in [3.63, 3.8) is 0 Å². The molecule has 1 aromatic heterocycles. The number of carbonyl (C=O) groups is 2. The summed E-state index contributed by atoms with van der Waals surface area (Å²) < 4.78 is 1.80. The van der Waals surface area contributed by atoms with E-state index in [2.05, 4.69) is 10.6 Å². The average Bonchev–Trinajstić information content (AvgIpc) is 3.27. The molecule has 1 heterocycles. The minimum Gasteiger partial charge on any atom is -0.354 e. The third kappa shape index (κ3) is 5.63. The molecule has 0 bridgehead atoms. The van der Waals surface area contributed by atoms with Gasteiger partial charge in [0.15, 0.2) is 0 Å². The van der Waals surface area contributed by atoms with Crippen LogP contribution in [0.15, 0.2) is 66.9 Å². The first kappa shape index (κ1) is 21.8. The number of hydrogen-bond donors (Lipinski definition) is 2. The van der Waals surface area contributed by atoms with Crippen LogP contribution in [0.5, 0.6) is 0 Å².